The van der Waals surface area contributed by atoms with Crippen LogP contribution in [-0.4, -0.2) is 36.1 Å². The Morgan fingerprint density at radius 2 is 2.00 bits per heavy atom. The predicted octanol–water partition coefficient (Wildman–Crippen LogP) is 3.08. The number of benzene rings is 1. The molecule has 3 nitrogen and oxygen atoms in total. The molecule has 3 rings (SSSR count). The molecule has 0 aliphatic carbocycles. The zero-order chi connectivity index (χ0) is 15.4. The second-order valence-corrected chi connectivity index (χ2v) is 6.16. The lowest BCUT2D eigenvalue weighted by Gasteiger charge is -2.31. The van der Waals surface area contributed by atoms with Crippen LogP contribution in [0.3, 0.4) is 0 Å². The molecule has 22 heavy (non-hydrogen) atoms. The minimum atomic E-state index is 0.251. The highest BCUT2D eigenvalue weighted by molar-refractivity contribution is 5.34. The number of hydrogen-bond acceptors (Lipinski definition) is 3. The van der Waals surface area contributed by atoms with Crippen molar-refractivity contribution in [2.45, 2.75) is 26.3 Å². The highest BCUT2D eigenvalue weighted by Crippen LogP contribution is 2.30. The summed E-state index contributed by atoms with van der Waals surface area (Å²) in [5, 5.41) is 3.50. The smallest absolute Gasteiger partial charge is 0.0779 e. The van der Waals surface area contributed by atoms with Crippen molar-refractivity contribution in [1.82, 2.24) is 15.2 Å². The van der Waals surface area contributed by atoms with Gasteiger partial charge in [0.1, 0.15) is 0 Å². The summed E-state index contributed by atoms with van der Waals surface area (Å²) < 4.78 is 0. The monoisotopic (exact) mass is 295 g/mol. The summed E-state index contributed by atoms with van der Waals surface area (Å²) in [7, 11) is 0. The zero-order valence-corrected chi connectivity index (χ0v) is 13.5. The van der Waals surface area contributed by atoms with Crippen molar-refractivity contribution < 1.29 is 0 Å². The molecule has 116 valence electrons. The molecule has 0 saturated carbocycles. The molecule has 1 aromatic heterocycles. The molecule has 0 amide bonds. The van der Waals surface area contributed by atoms with E-state index in [1.165, 1.54) is 28.8 Å². The molecule has 0 bridgehead atoms. The summed E-state index contributed by atoms with van der Waals surface area (Å²) >= 11 is 0. The highest BCUT2D eigenvalue weighted by Gasteiger charge is 2.25. The number of pyridine rings is 1. The maximum atomic E-state index is 4.73. The van der Waals surface area contributed by atoms with Crippen molar-refractivity contribution in [1.29, 1.82) is 0 Å². The summed E-state index contributed by atoms with van der Waals surface area (Å²) in [6, 6.07) is 13.3. The summed E-state index contributed by atoms with van der Waals surface area (Å²) in [4.78, 5) is 7.30. The molecule has 0 spiro atoms. The van der Waals surface area contributed by atoms with E-state index in [4.69, 9.17) is 4.98 Å². The lowest BCUT2D eigenvalue weighted by Crippen LogP contribution is -2.34. The van der Waals surface area contributed by atoms with Gasteiger partial charge in [0.15, 0.2) is 0 Å². The Morgan fingerprint density at radius 3 is 2.82 bits per heavy atom. The third kappa shape index (κ3) is 3.37. The van der Waals surface area contributed by atoms with Crippen LogP contribution in [0.25, 0.3) is 0 Å². The van der Waals surface area contributed by atoms with Gasteiger partial charge in [-0.2, -0.15) is 0 Å². The molecule has 0 radical (unpaired) electrons. The van der Waals surface area contributed by atoms with Crippen LogP contribution in [0.4, 0.5) is 0 Å². The van der Waals surface area contributed by atoms with Gasteiger partial charge in [-0.15, -0.1) is 0 Å². The molecule has 1 N–H and O–H groups in total. The Hall–Kier alpha value is -1.71. The topological polar surface area (TPSA) is 28.2 Å². The van der Waals surface area contributed by atoms with Gasteiger partial charge in [-0.3, -0.25) is 9.88 Å². The summed E-state index contributed by atoms with van der Waals surface area (Å²) in [5.41, 5.74) is 5.12. The minimum Gasteiger partial charge on any atom is -0.315 e. The number of aromatic nitrogens is 1. The summed E-state index contributed by atoms with van der Waals surface area (Å²) in [5.74, 6) is 0. The van der Waals surface area contributed by atoms with Crippen LogP contribution in [0, 0.1) is 13.8 Å². The summed E-state index contributed by atoms with van der Waals surface area (Å²) in [6.07, 6.45) is 3.11. The van der Waals surface area contributed by atoms with Gasteiger partial charge < -0.3 is 5.32 Å². The van der Waals surface area contributed by atoms with Crippen molar-refractivity contribution in [2.75, 3.05) is 26.2 Å². The second kappa shape index (κ2) is 7.03. The third-order valence-electron chi connectivity index (χ3n) is 4.41. The first-order valence-corrected chi connectivity index (χ1v) is 8.18. The van der Waals surface area contributed by atoms with Gasteiger partial charge in [0, 0.05) is 25.8 Å². The number of rotatable bonds is 3. The molecule has 1 saturated heterocycles. The van der Waals surface area contributed by atoms with Gasteiger partial charge in [-0.1, -0.05) is 35.9 Å². The van der Waals surface area contributed by atoms with Crippen molar-refractivity contribution in [3.8, 4) is 0 Å². The quantitative estimate of drug-likeness (QED) is 0.943. The average molecular weight is 295 g/mol. The number of hydrogen-bond donors (Lipinski definition) is 1. The Morgan fingerprint density at radius 1 is 1.09 bits per heavy atom. The van der Waals surface area contributed by atoms with E-state index in [1.807, 2.05) is 12.3 Å². The van der Waals surface area contributed by atoms with Crippen LogP contribution in [0.5, 0.6) is 0 Å². The van der Waals surface area contributed by atoms with E-state index in [1.54, 1.807) is 0 Å². The average Bonchev–Trinajstić information content (AvgIpc) is 2.79. The number of nitrogens with zero attached hydrogens (tertiary/aromatic N) is 2. The Bertz CT molecular complexity index is 616. The fourth-order valence-electron chi connectivity index (χ4n) is 3.29. The maximum Gasteiger partial charge on any atom is 0.0779 e. The molecule has 3 heteroatoms. The van der Waals surface area contributed by atoms with E-state index >= 15 is 0 Å². The molecular formula is C19H25N3. The fourth-order valence-corrected chi connectivity index (χ4v) is 3.29. The molecule has 2 aromatic rings. The van der Waals surface area contributed by atoms with Crippen molar-refractivity contribution >= 4 is 0 Å². The fraction of sp³-hybridized carbons (Fsp3) is 0.421. The molecule has 1 aliphatic rings. The van der Waals surface area contributed by atoms with Gasteiger partial charge >= 0.3 is 0 Å². The van der Waals surface area contributed by atoms with E-state index in [0.29, 0.717) is 0 Å². The van der Waals surface area contributed by atoms with E-state index < -0.39 is 0 Å². The van der Waals surface area contributed by atoms with Gasteiger partial charge in [0.25, 0.3) is 0 Å². The molecule has 1 aromatic carbocycles. The summed E-state index contributed by atoms with van der Waals surface area (Å²) in [6.45, 7) is 8.67. The van der Waals surface area contributed by atoms with Gasteiger partial charge in [-0.05, 0) is 44.0 Å². The first kappa shape index (κ1) is 15.2. The van der Waals surface area contributed by atoms with Crippen LogP contribution in [-0.2, 0) is 0 Å². The van der Waals surface area contributed by atoms with Crippen LogP contribution in [0.1, 0.15) is 34.8 Å². The molecule has 1 fully saturated rings. The normalized spacial score (nSPS) is 17.9. The van der Waals surface area contributed by atoms with Gasteiger partial charge in [-0.25, -0.2) is 0 Å². The van der Waals surface area contributed by atoms with Crippen LogP contribution < -0.4 is 5.32 Å². The van der Waals surface area contributed by atoms with Crippen LogP contribution in [0.2, 0.25) is 0 Å². The third-order valence-corrected chi connectivity index (χ3v) is 4.41. The van der Waals surface area contributed by atoms with Crippen molar-refractivity contribution in [2.24, 2.45) is 0 Å². The van der Waals surface area contributed by atoms with Gasteiger partial charge in [0.05, 0.1) is 11.7 Å². The van der Waals surface area contributed by atoms with Crippen molar-refractivity contribution in [3.05, 3.63) is 65.0 Å². The number of nitrogens with one attached hydrogen (secondary N) is 1. The molecular weight excluding hydrogens is 270 g/mol. The van der Waals surface area contributed by atoms with Crippen LogP contribution in [0.15, 0.2) is 42.6 Å². The standard InChI is InChI=1S/C19H25N3/c1-15-6-3-8-17(14-15)19(18-16(2)7-4-10-21-18)22-12-5-9-20-11-13-22/h3-4,6-8,10,14,19-20H,5,9,11-13H2,1-2H3. The van der Waals surface area contributed by atoms with Crippen molar-refractivity contribution in [3.63, 3.8) is 0 Å². The van der Waals surface area contributed by atoms with E-state index in [9.17, 15) is 0 Å². The molecule has 1 aliphatic heterocycles. The first-order chi connectivity index (χ1) is 10.8. The zero-order valence-electron chi connectivity index (χ0n) is 13.5. The molecule has 1 atom stereocenters. The molecule has 2 heterocycles. The lowest BCUT2D eigenvalue weighted by atomic mass is 9.96. The van der Waals surface area contributed by atoms with E-state index in [0.717, 1.165) is 26.2 Å². The SMILES string of the molecule is Cc1cccc(C(c2ncccc2C)N2CCCNCC2)c1. The van der Waals surface area contributed by atoms with E-state index in [2.05, 4.69) is 54.4 Å². The first-order valence-electron chi connectivity index (χ1n) is 8.18. The second-order valence-electron chi connectivity index (χ2n) is 6.16. The molecule has 1 unspecified atom stereocenters. The Kier molecular flexibility index (Phi) is 4.86. The Balaban J connectivity index is 2.03. The highest BCUT2D eigenvalue weighted by atomic mass is 15.2. The number of aryl methyl sites for hydroxylation is 2. The van der Waals surface area contributed by atoms with Crippen LogP contribution >= 0.6 is 0 Å². The minimum absolute atomic E-state index is 0.251. The maximum absolute atomic E-state index is 4.73. The van der Waals surface area contributed by atoms with Gasteiger partial charge in [0.2, 0.25) is 0 Å². The lowest BCUT2D eigenvalue weighted by molar-refractivity contribution is 0.236. The largest absolute Gasteiger partial charge is 0.315 e. The predicted molar refractivity (Wildman–Crippen MR) is 91.1 cm³/mol. The Labute approximate surface area is 133 Å². The van der Waals surface area contributed by atoms with E-state index in [-0.39, 0.29) is 6.04 Å².